The van der Waals surface area contributed by atoms with Gasteiger partial charge in [0.1, 0.15) is 12.7 Å². The van der Waals surface area contributed by atoms with Gasteiger partial charge in [-0.3, -0.25) is 4.99 Å². The highest BCUT2D eigenvalue weighted by Gasteiger charge is 2.12. The van der Waals surface area contributed by atoms with Crippen molar-refractivity contribution in [3.63, 3.8) is 0 Å². The van der Waals surface area contributed by atoms with E-state index in [1.165, 1.54) is 11.9 Å². The fraction of sp³-hybridized carbons (Fsp3) is 0.250. The molecule has 2 aromatic carbocycles. The van der Waals surface area contributed by atoms with E-state index in [0.717, 1.165) is 41.7 Å². The van der Waals surface area contributed by atoms with Gasteiger partial charge in [0.2, 0.25) is 6.79 Å². The second-order valence-electron chi connectivity index (χ2n) is 6.30. The van der Waals surface area contributed by atoms with Gasteiger partial charge in [-0.15, -0.1) is 0 Å². The predicted octanol–water partition coefficient (Wildman–Crippen LogP) is 1.90. The normalized spacial score (nSPS) is 12.8. The van der Waals surface area contributed by atoms with E-state index in [2.05, 4.69) is 43.9 Å². The van der Waals surface area contributed by atoms with Crippen molar-refractivity contribution in [1.29, 1.82) is 0 Å². The Labute approximate surface area is 163 Å². The summed E-state index contributed by atoms with van der Waals surface area (Å²) in [6.07, 6.45) is 4.07. The number of ether oxygens (including phenoxy) is 2. The smallest absolute Gasteiger partial charge is 0.231 e. The predicted molar refractivity (Wildman–Crippen MR) is 106 cm³/mol. The molecule has 2 N–H and O–H groups in total. The number of hydrogen-bond acceptors (Lipinski definition) is 5. The molecule has 0 atom stereocenters. The number of benzene rings is 2. The quantitative estimate of drug-likeness (QED) is 0.503. The number of fused-ring (bicyclic) bond motifs is 1. The Hall–Kier alpha value is -3.55. The van der Waals surface area contributed by atoms with Crippen molar-refractivity contribution in [3.8, 4) is 17.2 Å². The van der Waals surface area contributed by atoms with Crippen molar-refractivity contribution >= 4 is 5.96 Å². The third-order valence-corrected chi connectivity index (χ3v) is 4.45. The number of hydrogen-bond donors (Lipinski definition) is 2. The Bertz CT molecular complexity index is 938. The van der Waals surface area contributed by atoms with Crippen molar-refractivity contribution < 1.29 is 9.47 Å². The maximum Gasteiger partial charge on any atom is 0.231 e. The standard InChI is InChI=1S/C20H22N6O2/c1-21-20(23-9-8-15-4-7-18-19(10-15)28-14-27-18)24-11-16-2-5-17(6-3-16)26-13-22-12-25-26/h2-7,10,12-13H,8-9,11,14H2,1H3,(H2,21,23,24). The molecule has 4 rings (SSSR count). The van der Waals surface area contributed by atoms with E-state index in [1.54, 1.807) is 18.1 Å². The second kappa shape index (κ2) is 8.43. The summed E-state index contributed by atoms with van der Waals surface area (Å²) in [6, 6.07) is 14.2. The molecule has 0 unspecified atom stereocenters. The summed E-state index contributed by atoms with van der Waals surface area (Å²) in [5.41, 5.74) is 3.32. The molecule has 0 radical (unpaired) electrons. The number of nitrogens with zero attached hydrogens (tertiary/aromatic N) is 4. The van der Waals surface area contributed by atoms with Crippen LogP contribution in [-0.4, -0.2) is 41.1 Å². The highest BCUT2D eigenvalue weighted by Crippen LogP contribution is 2.32. The van der Waals surface area contributed by atoms with Crippen LogP contribution in [-0.2, 0) is 13.0 Å². The zero-order chi connectivity index (χ0) is 19.2. The van der Waals surface area contributed by atoms with Gasteiger partial charge in [0.05, 0.1) is 5.69 Å². The van der Waals surface area contributed by atoms with E-state index >= 15 is 0 Å². The number of guanidine groups is 1. The summed E-state index contributed by atoms with van der Waals surface area (Å²) in [6.45, 7) is 1.75. The summed E-state index contributed by atoms with van der Waals surface area (Å²) in [5, 5.41) is 10.8. The molecule has 8 heteroatoms. The molecule has 2 heterocycles. The van der Waals surface area contributed by atoms with Gasteiger partial charge >= 0.3 is 0 Å². The lowest BCUT2D eigenvalue weighted by Crippen LogP contribution is -2.37. The number of aromatic nitrogens is 3. The molecule has 0 saturated carbocycles. The Morgan fingerprint density at radius 3 is 2.68 bits per heavy atom. The van der Waals surface area contributed by atoms with Crippen LogP contribution >= 0.6 is 0 Å². The van der Waals surface area contributed by atoms with Crippen LogP contribution in [0.4, 0.5) is 0 Å². The molecule has 0 bridgehead atoms. The average molecular weight is 378 g/mol. The van der Waals surface area contributed by atoms with Crippen LogP contribution < -0.4 is 20.1 Å². The van der Waals surface area contributed by atoms with Crippen LogP contribution in [0.1, 0.15) is 11.1 Å². The van der Waals surface area contributed by atoms with Crippen LogP contribution in [0, 0.1) is 0 Å². The van der Waals surface area contributed by atoms with Gasteiger partial charge in [-0.1, -0.05) is 18.2 Å². The third-order valence-electron chi connectivity index (χ3n) is 4.45. The van der Waals surface area contributed by atoms with Gasteiger partial charge in [-0.25, -0.2) is 9.67 Å². The Morgan fingerprint density at radius 1 is 1.07 bits per heavy atom. The van der Waals surface area contributed by atoms with E-state index in [0.29, 0.717) is 13.3 Å². The maximum atomic E-state index is 5.42. The molecule has 0 fully saturated rings. The summed E-state index contributed by atoms with van der Waals surface area (Å²) in [4.78, 5) is 8.24. The van der Waals surface area contributed by atoms with Crippen molar-refractivity contribution in [3.05, 3.63) is 66.2 Å². The number of nitrogens with one attached hydrogen (secondary N) is 2. The fourth-order valence-corrected chi connectivity index (χ4v) is 2.94. The second-order valence-corrected chi connectivity index (χ2v) is 6.30. The van der Waals surface area contributed by atoms with Crippen molar-refractivity contribution in [2.75, 3.05) is 20.4 Å². The zero-order valence-corrected chi connectivity index (χ0v) is 15.6. The minimum Gasteiger partial charge on any atom is -0.454 e. The van der Waals surface area contributed by atoms with Crippen LogP contribution in [0.15, 0.2) is 60.1 Å². The van der Waals surface area contributed by atoms with Gasteiger partial charge in [-0.05, 0) is 41.8 Å². The SMILES string of the molecule is CN=C(NCCc1ccc2c(c1)OCO2)NCc1ccc(-n2cncn2)cc1. The molecule has 1 aliphatic heterocycles. The van der Waals surface area contributed by atoms with Crippen molar-refractivity contribution in [2.24, 2.45) is 4.99 Å². The Morgan fingerprint density at radius 2 is 1.89 bits per heavy atom. The van der Waals surface area contributed by atoms with E-state index in [9.17, 15) is 0 Å². The van der Waals surface area contributed by atoms with E-state index in [-0.39, 0.29) is 0 Å². The Balaban J connectivity index is 1.24. The van der Waals surface area contributed by atoms with Gasteiger partial charge in [0.15, 0.2) is 17.5 Å². The molecule has 3 aromatic rings. The largest absolute Gasteiger partial charge is 0.454 e. The molecule has 144 valence electrons. The molecule has 28 heavy (non-hydrogen) atoms. The molecule has 0 saturated heterocycles. The molecular weight excluding hydrogens is 356 g/mol. The van der Waals surface area contributed by atoms with Gasteiger partial charge in [-0.2, -0.15) is 5.10 Å². The molecule has 8 nitrogen and oxygen atoms in total. The average Bonchev–Trinajstić information content (AvgIpc) is 3.42. The Kier molecular flexibility index (Phi) is 5.37. The van der Waals surface area contributed by atoms with Gasteiger partial charge in [0, 0.05) is 20.1 Å². The first-order valence-corrected chi connectivity index (χ1v) is 9.09. The van der Waals surface area contributed by atoms with Crippen LogP contribution in [0.5, 0.6) is 11.5 Å². The van der Waals surface area contributed by atoms with E-state index < -0.39 is 0 Å². The molecular formula is C20H22N6O2. The van der Waals surface area contributed by atoms with E-state index in [1.807, 2.05) is 24.3 Å². The summed E-state index contributed by atoms with van der Waals surface area (Å²) < 4.78 is 12.5. The first-order valence-electron chi connectivity index (χ1n) is 9.09. The number of aliphatic imine (C=N–C) groups is 1. The highest BCUT2D eigenvalue weighted by molar-refractivity contribution is 5.79. The first kappa shape index (κ1) is 17.8. The highest BCUT2D eigenvalue weighted by atomic mass is 16.7. The lowest BCUT2D eigenvalue weighted by molar-refractivity contribution is 0.174. The van der Waals surface area contributed by atoms with Crippen molar-refractivity contribution in [2.45, 2.75) is 13.0 Å². The molecule has 0 amide bonds. The molecule has 0 aliphatic carbocycles. The molecule has 0 spiro atoms. The summed E-state index contributed by atoms with van der Waals surface area (Å²) >= 11 is 0. The van der Waals surface area contributed by atoms with Crippen LogP contribution in [0.25, 0.3) is 5.69 Å². The minimum absolute atomic E-state index is 0.299. The van der Waals surface area contributed by atoms with Crippen LogP contribution in [0.2, 0.25) is 0 Å². The van der Waals surface area contributed by atoms with Crippen LogP contribution in [0.3, 0.4) is 0 Å². The minimum atomic E-state index is 0.299. The van der Waals surface area contributed by atoms with E-state index in [4.69, 9.17) is 9.47 Å². The van der Waals surface area contributed by atoms with Gasteiger partial charge < -0.3 is 20.1 Å². The fourth-order valence-electron chi connectivity index (χ4n) is 2.94. The first-order chi connectivity index (χ1) is 13.8. The molecule has 1 aromatic heterocycles. The summed E-state index contributed by atoms with van der Waals surface area (Å²) in [7, 11) is 1.77. The lowest BCUT2D eigenvalue weighted by atomic mass is 10.1. The maximum absolute atomic E-state index is 5.42. The van der Waals surface area contributed by atoms with Crippen molar-refractivity contribution in [1.82, 2.24) is 25.4 Å². The zero-order valence-electron chi connectivity index (χ0n) is 15.6. The third kappa shape index (κ3) is 4.22. The molecule has 1 aliphatic rings. The lowest BCUT2D eigenvalue weighted by Gasteiger charge is -2.12. The van der Waals surface area contributed by atoms with Gasteiger partial charge in [0.25, 0.3) is 0 Å². The topological polar surface area (TPSA) is 85.6 Å². The number of rotatable bonds is 6. The summed E-state index contributed by atoms with van der Waals surface area (Å²) in [5.74, 6) is 2.39. The monoisotopic (exact) mass is 378 g/mol.